The smallest absolute Gasteiger partial charge is 0.270 e. The van der Waals surface area contributed by atoms with E-state index in [0.29, 0.717) is 24.2 Å². The van der Waals surface area contributed by atoms with Crippen molar-refractivity contribution in [3.05, 3.63) is 46.0 Å². The number of nitro groups is 1. The van der Waals surface area contributed by atoms with Crippen molar-refractivity contribution in [2.24, 2.45) is 0 Å². The Bertz CT molecular complexity index is 563. The molecule has 0 saturated carbocycles. The number of hydrogen-bond acceptors (Lipinski definition) is 4. The van der Waals surface area contributed by atoms with Crippen LogP contribution in [-0.4, -0.2) is 53.4 Å². The number of amides is 1. The van der Waals surface area contributed by atoms with E-state index < -0.39 is 4.92 Å². The fraction of sp³-hybridized carbons (Fsp3) is 0.400. The lowest BCUT2D eigenvalue weighted by molar-refractivity contribution is -0.384. The summed E-state index contributed by atoms with van der Waals surface area (Å²) in [7, 11) is 0. The van der Waals surface area contributed by atoms with E-state index in [1.807, 2.05) is 0 Å². The average Bonchev–Trinajstić information content (AvgIpc) is 2.53. The lowest BCUT2D eigenvalue weighted by atomic mass is 10.1. The lowest BCUT2D eigenvalue weighted by Crippen LogP contribution is -2.48. The molecule has 1 aliphatic rings. The third-order valence-corrected chi connectivity index (χ3v) is 3.74. The maximum absolute atomic E-state index is 12.5. The Kier molecular flexibility index (Phi) is 4.70. The van der Waals surface area contributed by atoms with Gasteiger partial charge >= 0.3 is 0 Å². The van der Waals surface area contributed by atoms with Gasteiger partial charge in [0.2, 0.25) is 0 Å². The second kappa shape index (κ2) is 6.49. The van der Waals surface area contributed by atoms with Crippen LogP contribution in [0.5, 0.6) is 0 Å². The topological polar surface area (TPSA) is 66.7 Å². The van der Waals surface area contributed by atoms with E-state index in [-0.39, 0.29) is 11.6 Å². The molecule has 21 heavy (non-hydrogen) atoms. The molecule has 1 fully saturated rings. The molecule has 0 spiro atoms. The number of hydrogen-bond donors (Lipinski definition) is 0. The molecule has 0 radical (unpaired) electrons. The molecular weight excluding hydrogens is 270 g/mol. The molecule has 0 aromatic heterocycles. The summed E-state index contributed by atoms with van der Waals surface area (Å²) in [6, 6.07) is 4.40. The van der Waals surface area contributed by atoms with Crippen molar-refractivity contribution in [3.8, 4) is 0 Å². The molecule has 1 saturated heterocycles. The Morgan fingerprint density at radius 1 is 1.33 bits per heavy atom. The zero-order valence-electron chi connectivity index (χ0n) is 12.1. The first-order valence-corrected chi connectivity index (χ1v) is 6.98. The number of non-ortho nitro benzene ring substituents is 1. The SMILES string of the molecule is C=Cc1cc(C(=O)N2CCN(CC)CC2)cc([N+](=O)[O-])c1. The second-order valence-corrected chi connectivity index (χ2v) is 5.00. The summed E-state index contributed by atoms with van der Waals surface area (Å²) in [6.07, 6.45) is 1.51. The summed E-state index contributed by atoms with van der Waals surface area (Å²) in [4.78, 5) is 27.0. The maximum atomic E-state index is 12.5. The number of rotatable bonds is 4. The zero-order chi connectivity index (χ0) is 15.4. The number of nitro benzene ring substituents is 1. The van der Waals surface area contributed by atoms with Crippen LogP contribution in [0.2, 0.25) is 0 Å². The molecule has 6 nitrogen and oxygen atoms in total. The van der Waals surface area contributed by atoms with Gasteiger partial charge in [-0.05, 0) is 18.2 Å². The highest BCUT2D eigenvalue weighted by atomic mass is 16.6. The first kappa shape index (κ1) is 15.2. The second-order valence-electron chi connectivity index (χ2n) is 5.00. The highest BCUT2D eigenvalue weighted by Crippen LogP contribution is 2.20. The van der Waals surface area contributed by atoms with Crippen LogP contribution in [0.15, 0.2) is 24.8 Å². The van der Waals surface area contributed by atoms with Gasteiger partial charge in [-0.15, -0.1) is 0 Å². The van der Waals surface area contributed by atoms with Gasteiger partial charge in [-0.1, -0.05) is 19.6 Å². The molecule has 112 valence electrons. The van der Waals surface area contributed by atoms with Crippen LogP contribution in [0.4, 0.5) is 5.69 Å². The molecule has 0 aliphatic carbocycles. The quantitative estimate of drug-likeness (QED) is 0.628. The van der Waals surface area contributed by atoms with Gasteiger partial charge < -0.3 is 9.80 Å². The zero-order valence-corrected chi connectivity index (χ0v) is 12.1. The summed E-state index contributed by atoms with van der Waals surface area (Å²) in [6.45, 7) is 9.66. The summed E-state index contributed by atoms with van der Waals surface area (Å²) < 4.78 is 0. The molecule has 2 rings (SSSR count). The lowest BCUT2D eigenvalue weighted by Gasteiger charge is -2.34. The first-order valence-electron chi connectivity index (χ1n) is 6.98. The molecule has 0 atom stereocenters. The summed E-state index contributed by atoms with van der Waals surface area (Å²) in [5.74, 6) is -0.155. The van der Waals surface area contributed by atoms with Crippen LogP contribution >= 0.6 is 0 Å². The molecule has 0 N–H and O–H groups in total. The van der Waals surface area contributed by atoms with Crippen molar-refractivity contribution in [2.45, 2.75) is 6.92 Å². The predicted molar refractivity (Wildman–Crippen MR) is 81.2 cm³/mol. The van der Waals surface area contributed by atoms with Crippen molar-refractivity contribution in [2.75, 3.05) is 32.7 Å². The number of piperazine rings is 1. The number of carbonyl (C=O) groups excluding carboxylic acids is 1. The van der Waals surface area contributed by atoms with Gasteiger partial charge in [0.1, 0.15) is 0 Å². The van der Waals surface area contributed by atoms with E-state index in [9.17, 15) is 14.9 Å². The summed E-state index contributed by atoms with van der Waals surface area (Å²) in [5, 5.41) is 10.9. The minimum atomic E-state index is -0.487. The van der Waals surface area contributed by atoms with E-state index in [4.69, 9.17) is 0 Å². The predicted octanol–water partition coefficient (Wildman–Crippen LogP) is 2.02. The summed E-state index contributed by atoms with van der Waals surface area (Å²) in [5.41, 5.74) is 0.853. The van der Waals surface area contributed by atoms with Crippen LogP contribution in [0.1, 0.15) is 22.8 Å². The number of benzene rings is 1. The van der Waals surface area contributed by atoms with E-state index in [1.165, 1.54) is 18.2 Å². The monoisotopic (exact) mass is 289 g/mol. The van der Waals surface area contributed by atoms with Gasteiger partial charge in [0.25, 0.3) is 11.6 Å². The van der Waals surface area contributed by atoms with Crippen molar-refractivity contribution >= 4 is 17.7 Å². The van der Waals surface area contributed by atoms with E-state index >= 15 is 0 Å². The van der Waals surface area contributed by atoms with Gasteiger partial charge in [0.15, 0.2) is 0 Å². The van der Waals surface area contributed by atoms with E-state index in [1.54, 1.807) is 11.0 Å². The van der Waals surface area contributed by atoms with Crippen LogP contribution in [0, 0.1) is 10.1 Å². The normalized spacial score (nSPS) is 15.8. The Labute approximate surface area is 123 Å². The van der Waals surface area contributed by atoms with Gasteiger partial charge in [-0.2, -0.15) is 0 Å². The Morgan fingerprint density at radius 3 is 2.52 bits per heavy atom. The molecule has 1 aromatic rings. The van der Waals surface area contributed by atoms with Crippen LogP contribution in [-0.2, 0) is 0 Å². The molecule has 1 aromatic carbocycles. The molecule has 1 aliphatic heterocycles. The van der Waals surface area contributed by atoms with Crippen LogP contribution in [0.25, 0.3) is 6.08 Å². The summed E-state index contributed by atoms with van der Waals surface area (Å²) >= 11 is 0. The van der Waals surface area contributed by atoms with Gasteiger partial charge in [0.05, 0.1) is 4.92 Å². The molecular formula is C15H19N3O3. The van der Waals surface area contributed by atoms with Gasteiger partial charge in [-0.3, -0.25) is 14.9 Å². The third kappa shape index (κ3) is 3.46. The highest BCUT2D eigenvalue weighted by molar-refractivity contribution is 5.95. The number of carbonyl (C=O) groups is 1. The molecule has 1 amide bonds. The fourth-order valence-corrected chi connectivity index (χ4v) is 2.43. The van der Waals surface area contributed by atoms with Gasteiger partial charge in [0, 0.05) is 43.9 Å². The fourth-order valence-electron chi connectivity index (χ4n) is 2.43. The van der Waals surface area contributed by atoms with Gasteiger partial charge in [-0.25, -0.2) is 0 Å². The highest BCUT2D eigenvalue weighted by Gasteiger charge is 2.23. The molecule has 0 unspecified atom stereocenters. The molecule has 0 bridgehead atoms. The average molecular weight is 289 g/mol. The Balaban J connectivity index is 2.21. The minimum Gasteiger partial charge on any atom is -0.336 e. The number of likely N-dealkylation sites (N-methyl/N-ethyl adjacent to an activating group) is 1. The number of nitrogens with zero attached hydrogens (tertiary/aromatic N) is 3. The first-order chi connectivity index (χ1) is 10.0. The Hall–Kier alpha value is -2.21. The molecule has 1 heterocycles. The third-order valence-electron chi connectivity index (χ3n) is 3.74. The molecule has 6 heteroatoms. The van der Waals surface area contributed by atoms with Crippen molar-refractivity contribution in [3.63, 3.8) is 0 Å². The van der Waals surface area contributed by atoms with Crippen molar-refractivity contribution in [1.29, 1.82) is 0 Å². The Morgan fingerprint density at radius 2 is 2.00 bits per heavy atom. The largest absolute Gasteiger partial charge is 0.336 e. The van der Waals surface area contributed by atoms with E-state index in [2.05, 4.69) is 18.4 Å². The van der Waals surface area contributed by atoms with Crippen molar-refractivity contribution in [1.82, 2.24) is 9.80 Å². The van der Waals surface area contributed by atoms with Crippen molar-refractivity contribution < 1.29 is 9.72 Å². The van der Waals surface area contributed by atoms with E-state index in [0.717, 1.165) is 19.6 Å². The van der Waals surface area contributed by atoms with Crippen LogP contribution < -0.4 is 0 Å². The van der Waals surface area contributed by atoms with Crippen LogP contribution in [0.3, 0.4) is 0 Å². The standard InChI is InChI=1S/C15H19N3O3/c1-3-12-9-13(11-14(10-12)18(20)21)15(19)17-7-5-16(4-2)6-8-17/h3,9-11H,1,4-8H2,2H3. The maximum Gasteiger partial charge on any atom is 0.270 e. The minimum absolute atomic E-state index is 0.0806.